The molecule has 172 valence electrons. The molecular formula is C28H24ClNO4. The number of carboxylic acids is 1. The Bertz CT molecular complexity index is 1230. The molecule has 0 saturated carbocycles. The lowest BCUT2D eigenvalue weighted by Gasteiger charge is -2.31. The molecule has 0 aliphatic carbocycles. The van der Waals surface area contributed by atoms with Crippen LogP contribution in [-0.4, -0.2) is 22.8 Å². The Morgan fingerprint density at radius 2 is 1.50 bits per heavy atom. The summed E-state index contributed by atoms with van der Waals surface area (Å²) >= 11 is 6.23. The molecule has 6 heteroatoms. The minimum Gasteiger partial charge on any atom is -0.481 e. The maximum Gasteiger partial charge on any atom is 0.337 e. The fourth-order valence-electron chi connectivity index (χ4n) is 4.44. The fraction of sp³-hybridized carbons (Fsp3) is 0.179. The second-order valence-corrected chi connectivity index (χ2v) is 8.64. The highest BCUT2D eigenvalue weighted by molar-refractivity contribution is 6.30. The van der Waals surface area contributed by atoms with E-state index >= 15 is 0 Å². The van der Waals surface area contributed by atoms with E-state index in [0.717, 1.165) is 11.1 Å². The van der Waals surface area contributed by atoms with Crippen LogP contribution in [0.4, 0.5) is 0 Å². The summed E-state index contributed by atoms with van der Waals surface area (Å²) in [5.41, 5.74) is 3.32. The summed E-state index contributed by atoms with van der Waals surface area (Å²) in [7, 11) is 0. The monoisotopic (exact) mass is 473 g/mol. The SMILES string of the molecule is CC1=NC(C)=C(C(=O)OC(c2ccccc2)c2ccccc2)C(c2cccc(Cl)c2)C1C(=O)O. The normalized spacial score (nSPS) is 17.9. The molecule has 0 saturated heterocycles. The van der Waals surface area contributed by atoms with Gasteiger partial charge in [0.05, 0.1) is 5.57 Å². The van der Waals surface area contributed by atoms with Gasteiger partial charge in [-0.2, -0.15) is 0 Å². The first-order valence-corrected chi connectivity index (χ1v) is 11.3. The van der Waals surface area contributed by atoms with Crippen LogP contribution in [0.25, 0.3) is 0 Å². The lowest BCUT2D eigenvalue weighted by molar-refractivity contribution is -0.144. The first-order valence-electron chi connectivity index (χ1n) is 10.9. The van der Waals surface area contributed by atoms with E-state index in [1.165, 1.54) is 0 Å². The number of hydrogen-bond acceptors (Lipinski definition) is 4. The van der Waals surface area contributed by atoms with Gasteiger partial charge in [0.15, 0.2) is 6.10 Å². The zero-order valence-corrected chi connectivity index (χ0v) is 19.6. The predicted molar refractivity (Wildman–Crippen MR) is 132 cm³/mol. The molecule has 1 heterocycles. The number of rotatable bonds is 6. The topological polar surface area (TPSA) is 76.0 Å². The van der Waals surface area contributed by atoms with E-state index in [9.17, 15) is 14.7 Å². The summed E-state index contributed by atoms with van der Waals surface area (Å²) in [4.78, 5) is 30.4. The average molecular weight is 474 g/mol. The smallest absolute Gasteiger partial charge is 0.337 e. The third kappa shape index (κ3) is 4.80. The molecule has 0 spiro atoms. The van der Waals surface area contributed by atoms with Crippen LogP contribution < -0.4 is 0 Å². The Morgan fingerprint density at radius 1 is 0.912 bits per heavy atom. The standard InChI is InChI=1S/C28H24ClNO4/c1-17-23(27(31)32)25(21-14-9-15-22(29)16-21)24(18(2)30-17)28(33)34-26(19-10-5-3-6-11-19)20-12-7-4-8-13-20/h3-16,23,25-26H,1-2H3,(H,31,32). The van der Waals surface area contributed by atoms with Crippen LogP contribution in [0.1, 0.15) is 42.6 Å². The van der Waals surface area contributed by atoms with Crippen LogP contribution >= 0.6 is 11.6 Å². The number of ether oxygens (including phenoxy) is 1. The molecule has 3 aromatic rings. The Balaban J connectivity index is 1.80. The summed E-state index contributed by atoms with van der Waals surface area (Å²) in [5, 5.41) is 10.5. The summed E-state index contributed by atoms with van der Waals surface area (Å²) in [5.74, 6) is -3.47. The molecule has 1 aliphatic rings. The molecule has 4 rings (SSSR count). The molecule has 0 fully saturated rings. The first-order chi connectivity index (χ1) is 16.4. The van der Waals surface area contributed by atoms with Gasteiger partial charge < -0.3 is 9.84 Å². The van der Waals surface area contributed by atoms with Gasteiger partial charge in [-0.1, -0.05) is 84.4 Å². The van der Waals surface area contributed by atoms with Crippen molar-refractivity contribution in [1.82, 2.24) is 0 Å². The van der Waals surface area contributed by atoms with Crippen LogP contribution in [0.3, 0.4) is 0 Å². The summed E-state index contributed by atoms with van der Waals surface area (Å²) in [6.45, 7) is 3.37. The number of aliphatic imine (C=N–C) groups is 1. The van der Waals surface area contributed by atoms with E-state index in [-0.39, 0.29) is 5.57 Å². The van der Waals surface area contributed by atoms with Gasteiger partial charge in [0.25, 0.3) is 0 Å². The summed E-state index contributed by atoms with van der Waals surface area (Å²) in [6, 6.07) is 25.8. The molecule has 0 amide bonds. The lowest BCUT2D eigenvalue weighted by Crippen LogP contribution is -2.35. The van der Waals surface area contributed by atoms with Crippen molar-refractivity contribution in [3.05, 3.63) is 118 Å². The number of allylic oxidation sites excluding steroid dienone is 1. The Morgan fingerprint density at radius 3 is 2.03 bits per heavy atom. The number of halogens is 1. The zero-order valence-electron chi connectivity index (χ0n) is 18.8. The summed E-state index contributed by atoms with van der Waals surface area (Å²) < 4.78 is 6.09. The van der Waals surface area contributed by atoms with Crippen LogP contribution in [0.5, 0.6) is 0 Å². The minimum absolute atomic E-state index is 0.220. The second-order valence-electron chi connectivity index (χ2n) is 8.21. The van der Waals surface area contributed by atoms with Crippen LogP contribution in [0.2, 0.25) is 5.02 Å². The lowest BCUT2D eigenvalue weighted by atomic mass is 9.75. The highest BCUT2D eigenvalue weighted by atomic mass is 35.5. The van der Waals surface area contributed by atoms with Crippen LogP contribution in [0, 0.1) is 5.92 Å². The van der Waals surface area contributed by atoms with Gasteiger partial charge >= 0.3 is 11.9 Å². The van der Waals surface area contributed by atoms with Crippen molar-refractivity contribution in [3.8, 4) is 0 Å². The highest BCUT2D eigenvalue weighted by Gasteiger charge is 2.42. The van der Waals surface area contributed by atoms with E-state index in [1.54, 1.807) is 38.1 Å². The fourth-order valence-corrected chi connectivity index (χ4v) is 4.64. The molecule has 34 heavy (non-hydrogen) atoms. The van der Waals surface area contributed by atoms with Crippen molar-refractivity contribution < 1.29 is 19.4 Å². The van der Waals surface area contributed by atoms with E-state index in [1.807, 2.05) is 60.7 Å². The number of carboxylic acid groups (broad SMARTS) is 1. The molecule has 2 unspecified atom stereocenters. The summed E-state index contributed by atoms with van der Waals surface area (Å²) in [6.07, 6.45) is -0.662. The van der Waals surface area contributed by atoms with Crippen LogP contribution in [0.15, 0.2) is 101 Å². The Hall–Kier alpha value is -3.70. The van der Waals surface area contributed by atoms with E-state index < -0.39 is 29.9 Å². The third-order valence-electron chi connectivity index (χ3n) is 5.95. The molecule has 1 N–H and O–H groups in total. The van der Waals surface area contributed by atoms with Gasteiger partial charge in [0.2, 0.25) is 0 Å². The van der Waals surface area contributed by atoms with Gasteiger partial charge in [-0.15, -0.1) is 0 Å². The maximum absolute atomic E-state index is 13.7. The van der Waals surface area contributed by atoms with Crippen molar-refractivity contribution in [2.24, 2.45) is 10.9 Å². The van der Waals surface area contributed by atoms with Gasteiger partial charge in [-0.25, -0.2) is 4.79 Å². The number of benzene rings is 3. The number of carbonyl (C=O) groups is 2. The van der Waals surface area contributed by atoms with Gasteiger partial charge in [0, 0.05) is 22.3 Å². The molecule has 2 atom stereocenters. The molecule has 5 nitrogen and oxygen atoms in total. The van der Waals surface area contributed by atoms with E-state index in [0.29, 0.717) is 22.0 Å². The number of esters is 1. The molecule has 0 radical (unpaired) electrons. The second kappa shape index (κ2) is 10.1. The zero-order chi connectivity index (χ0) is 24.2. The van der Waals surface area contributed by atoms with Crippen LogP contribution in [-0.2, 0) is 14.3 Å². The highest BCUT2D eigenvalue weighted by Crippen LogP contribution is 2.41. The van der Waals surface area contributed by atoms with Crippen molar-refractivity contribution in [1.29, 1.82) is 0 Å². The van der Waals surface area contributed by atoms with Crippen molar-refractivity contribution >= 4 is 29.3 Å². The molecule has 0 bridgehead atoms. The third-order valence-corrected chi connectivity index (χ3v) is 6.19. The Kier molecular flexibility index (Phi) is 6.94. The first kappa shape index (κ1) is 23.5. The number of carbonyl (C=O) groups excluding carboxylic acids is 1. The van der Waals surface area contributed by atoms with Crippen molar-refractivity contribution in [3.63, 3.8) is 0 Å². The minimum atomic E-state index is -1.06. The van der Waals surface area contributed by atoms with E-state index in [4.69, 9.17) is 16.3 Å². The van der Waals surface area contributed by atoms with Gasteiger partial charge in [-0.3, -0.25) is 9.79 Å². The molecule has 1 aliphatic heterocycles. The Labute approximate surface area is 203 Å². The van der Waals surface area contributed by atoms with Crippen molar-refractivity contribution in [2.75, 3.05) is 0 Å². The number of nitrogens with zero attached hydrogens (tertiary/aromatic N) is 1. The van der Waals surface area contributed by atoms with Gasteiger partial charge in [0.1, 0.15) is 5.92 Å². The molecule has 3 aromatic carbocycles. The number of aliphatic carboxylic acids is 1. The van der Waals surface area contributed by atoms with Crippen molar-refractivity contribution in [2.45, 2.75) is 25.9 Å². The molecule has 0 aromatic heterocycles. The quantitative estimate of drug-likeness (QED) is 0.432. The largest absolute Gasteiger partial charge is 0.481 e. The van der Waals surface area contributed by atoms with Gasteiger partial charge in [-0.05, 0) is 42.7 Å². The average Bonchev–Trinajstić information content (AvgIpc) is 2.82. The predicted octanol–water partition coefficient (Wildman–Crippen LogP) is 6.21. The molecular weight excluding hydrogens is 450 g/mol. The number of hydrogen-bond donors (Lipinski definition) is 1. The maximum atomic E-state index is 13.7. The van der Waals surface area contributed by atoms with E-state index in [2.05, 4.69) is 4.99 Å².